The summed E-state index contributed by atoms with van der Waals surface area (Å²) in [5.74, 6) is 0. The standard InChI is InChI=1S/C8H13NS/c1-3-9-7(2)8-4-5-10-6-8/h4-7,9H,3H2,1-2H3. The Kier molecular flexibility index (Phi) is 2.90. The van der Waals surface area contributed by atoms with Gasteiger partial charge in [0.15, 0.2) is 0 Å². The Morgan fingerprint density at radius 2 is 2.50 bits per heavy atom. The van der Waals surface area contributed by atoms with Crippen LogP contribution in [0.25, 0.3) is 0 Å². The molecule has 0 fully saturated rings. The summed E-state index contributed by atoms with van der Waals surface area (Å²) in [5, 5.41) is 7.66. The minimum absolute atomic E-state index is 0.510. The number of rotatable bonds is 3. The molecular weight excluding hydrogens is 142 g/mol. The predicted molar refractivity (Wildman–Crippen MR) is 46.4 cm³/mol. The monoisotopic (exact) mass is 155 g/mol. The lowest BCUT2D eigenvalue weighted by atomic mass is 10.2. The van der Waals surface area contributed by atoms with E-state index in [9.17, 15) is 0 Å². The molecule has 1 aromatic heterocycles. The molecule has 1 aromatic rings. The van der Waals surface area contributed by atoms with Gasteiger partial charge in [-0.15, -0.1) is 0 Å². The summed E-state index contributed by atoms with van der Waals surface area (Å²) in [5.41, 5.74) is 1.40. The Morgan fingerprint density at radius 1 is 1.70 bits per heavy atom. The fourth-order valence-corrected chi connectivity index (χ4v) is 1.70. The SMILES string of the molecule is CCNC(C)c1ccsc1. The second-order valence-corrected chi connectivity index (χ2v) is 3.12. The molecule has 56 valence electrons. The molecule has 0 spiro atoms. The van der Waals surface area contributed by atoms with Crippen molar-refractivity contribution in [3.8, 4) is 0 Å². The van der Waals surface area contributed by atoms with Crippen molar-refractivity contribution in [3.63, 3.8) is 0 Å². The summed E-state index contributed by atoms with van der Waals surface area (Å²) >= 11 is 1.75. The van der Waals surface area contributed by atoms with Crippen molar-refractivity contribution in [1.82, 2.24) is 5.32 Å². The first-order chi connectivity index (χ1) is 4.84. The van der Waals surface area contributed by atoms with E-state index in [1.165, 1.54) is 5.56 Å². The average Bonchev–Trinajstić information content (AvgIpc) is 2.38. The predicted octanol–water partition coefficient (Wildman–Crippen LogP) is 2.42. The molecular formula is C8H13NS. The number of nitrogens with one attached hydrogen (secondary N) is 1. The molecule has 0 aliphatic rings. The van der Waals surface area contributed by atoms with Crippen molar-refractivity contribution < 1.29 is 0 Å². The van der Waals surface area contributed by atoms with Gasteiger partial charge >= 0.3 is 0 Å². The molecule has 0 aliphatic heterocycles. The highest BCUT2D eigenvalue weighted by molar-refractivity contribution is 7.07. The van der Waals surface area contributed by atoms with Gasteiger partial charge in [-0.1, -0.05) is 6.92 Å². The molecule has 10 heavy (non-hydrogen) atoms. The number of hydrogen-bond acceptors (Lipinski definition) is 2. The van der Waals surface area contributed by atoms with Gasteiger partial charge in [-0.3, -0.25) is 0 Å². The van der Waals surface area contributed by atoms with Crippen molar-refractivity contribution >= 4 is 11.3 Å². The summed E-state index contributed by atoms with van der Waals surface area (Å²) < 4.78 is 0. The Morgan fingerprint density at radius 3 is 3.00 bits per heavy atom. The van der Waals surface area contributed by atoms with Gasteiger partial charge in [-0.05, 0) is 35.9 Å². The van der Waals surface area contributed by atoms with Crippen LogP contribution in [0.4, 0.5) is 0 Å². The van der Waals surface area contributed by atoms with Gasteiger partial charge in [-0.25, -0.2) is 0 Å². The molecule has 0 amide bonds. The van der Waals surface area contributed by atoms with Crippen LogP contribution < -0.4 is 5.32 Å². The zero-order chi connectivity index (χ0) is 7.40. The third kappa shape index (κ3) is 1.82. The third-order valence-corrected chi connectivity index (χ3v) is 2.25. The zero-order valence-corrected chi connectivity index (χ0v) is 7.24. The maximum Gasteiger partial charge on any atom is 0.0299 e. The van der Waals surface area contributed by atoms with Crippen molar-refractivity contribution in [2.24, 2.45) is 0 Å². The first-order valence-corrected chi connectivity index (χ1v) is 4.54. The average molecular weight is 155 g/mol. The van der Waals surface area contributed by atoms with E-state index in [0.717, 1.165) is 6.54 Å². The molecule has 1 rings (SSSR count). The van der Waals surface area contributed by atoms with Crippen LogP contribution >= 0.6 is 11.3 Å². The third-order valence-electron chi connectivity index (χ3n) is 1.55. The van der Waals surface area contributed by atoms with E-state index in [1.54, 1.807) is 11.3 Å². The van der Waals surface area contributed by atoms with E-state index in [0.29, 0.717) is 6.04 Å². The van der Waals surface area contributed by atoms with Gasteiger partial charge in [-0.2, -0.15) is 11.3 Å². The highest BCUT2D eigenvalue weighted by Gasteiger charge is 2.01. The van der Waals surface area contributed by atoms with Gasteiger partial charge in [0, 0.05) is 6.04 Å². The Hall–Kier alpha value is -0.340. The van der Waals surface area contributed by atoms with Gasteiger partial charge in [0.2, 0.25) is 0 Å². The lowest BCUT2D eigenvalue weighted by Gasteiger charge is -2.08. The summed E-state index contributed by atoms with van der Waals surface area (Å²) in [6.45, 7) is 5.35. The largest absolute Gasteiger partial charge is 0.310 e. The molecule has 1 atom stereocenters. The molecule has 1 nitrogen and oxygen atoms in total. The fraction of sp³-hybridized carbons (Fsp3) is 0.500. The molecule has 1 unspecified atom stereocenters. The molecule has 1 N–H and O–H groups in total. The number of hydrogen-bond donors (Lipinski definition) is 1. The molecule has 0 radical (unpaired) electrons. The summed E-state index contributed by atoms with van der Waals surface area (Å²) in [6.07, 6.45) is 0. The highest BCUT2D eigenvalue weighted by Crippen LogP contribution is 2.14. The molecule has 0 saturated carbocycles. The molecule has 0 saturated heterocycles. The molecule has 2 heteroatoms. The Labute approximate surface area is 66.1 Å². The normalized spacial score (nSPS) is 13.4. The molecule has 0 bridgehead atoms. The van der Waals surface area contributed by atoms with Gasteiger partial charge in [0.1, 0.15) is 0 Å². The smallest absolute Gasteiger partial charge is 0.0299 e. The van der Waals surface area contributed by atoms with Gasteiger partial charge in [0.05, 0.1) is 0 Å². The quantitative estimate of drug-likeness (QED) is 0.707. The maximum absolute atomic E-state index is 3.35. The molecule has 0 aliphatic carbocycles. The van der Waals surface area contributed by atoms with Crippen LogP contribution in [0.2, 0.25) is 0 Å². The van der Waals surface area contributed by atoms with Crippen LogP contribution in [0.1, 0.15) is 25.5 Å². The van der Waals surface area contributed by atoms with Gasteiger partial charge < -0.3 is 5.32 Å². The summed E-state index contributed by atoms with van der Waals surface area (Å²) in [4.78, 5) is 0. The summed E-state index contributed by atoms with van der Waals surface area (Å²) in [7, 11) is 0. The van der Waals surface area contributed by atoms with Crippen LogP contribution in [-0.2, 0) is 0 Å². The highest BCUT2D eigenvalue weighted by atomic mass is 32.1. The fourth-order valence-electron chi connectivity index (χ4n) is 0.945. The molecule has 1 heterocycles. The van der Waals surface area contributed by atoms with Crippen LogP contribution in [0.3, 0.4) is 0 Å². The minimum atomic E-state index is 0.510. The first kappa shape index (κ1) is 7.76. The Bertz CT molecular complexity index is 169. The second-order valence-electron chi connectivity index (χ2n) is 2.34. The summed E-state index contributed by atoms with van der Waals surface area (Å²) in [6, 6.07) is 2.68. The lowest BCUT2D eigenvalue weighted by molar-refractivity contribution is 0.600. The first-order valence-electron chi connectivity index (χ1n) is 3.60. The lowest BCUT2D eigenvalue weighted by Crippen LogP contribution is -2.16. The molecule has 0 aromatic carbocycles. The van der Waals surface area contributed by atoms with E-state index < -0.39 is 0 Å². The van der Waals surface area contributed by atoms with Crippen molar-refractivity contribution in [1.29, 1.82) is 0 Å². The van der Waals surface area contributed by atoms with Crippen molar-refractivity contribution in [2.75, 3.05) is 6.54 Å². The van der Waals surface area contributed by atoms with Crippen molar-refractivity contribution in [3.05, 3.63) is 22.4 Å². The van der Waals surface area contributed by atoms with E-state index in [1.807, 2.05) is 0 Å². The number of thiophene rings is 1. The van der Waals surface area contributed by atoms with Crippen LogP contribution in [-0.4, -0.2) is 6.54 Å². The minimum Gasteiger partial charge on any atom is -0.310 e. The van der Waals surface area contributed by atoms with Crippen LogP contribution in [0, 0.1) is 0 Å². The van der Waals surface area contributed by atoms with Crippen molar-refractivity contribution in [2.45, 2.75) is 19.9 Å². The van der Waals surface area contributed by atoms with Crippen LogP contribution in [0.15, 0.2) is 16.8 Å². The van der Waals surface area contributed by atoms with E-state index >= 15 is 0 Å². The Balaban J connectivity index is 2.50. The second kappa shape index (κ2) is 3.74. The topological polar surface area (TPSA) is 12.0 Å². The van der Waals surface area contributed by atoms with E-state index in [4.69, 9.17) is 0 Å². The van der Waals surface area contributed by atoms with E-state index in [-0.39, 0.29) is 0 Å². The maximum atomic E-state index is 3.35. The van der Waals surface area contributed by atoms with Crippen LogP contribution in [0.5, 0.6) is 0 Å². The van der Waals surface area contributed by atoms with E-state index in [2.05, 4.69) is 36.0 Å². The van der Waals surface area contributed by atoms with Gasteiger partial charge in [0.25, 0.3) is 0 Å². The zero-order valence-electron chi connectivity index (χ0n) is 6.42.